The Morgan fingerprint density at radius 3 is 2.83 bits per heavy atom. The van der Waals surface area contributed by atoms with Crippen molar-refractivity contribution in [3.8, 4) is 0 Å². The van der Waals surface area contributed by atoms with Gasteiger partial charge in [-0.05, 0) is 16.8 Å². The fourth-order valence-corrected chi connectivity index (χ4v) is 4.79. The quantitative estimate of drug-likeness (QED) is 0.300. The Hall–Kier alpha value is -0.590. The van der Waals surface area contributed by atoms with Crippen molar-refractivity contribution in [2.45, 2.75) is 17.0 Å². The predicted molar refractivity (Wildman–Crippen MR) is 75.0 cm³/mol. The number of carbonyl (C=O) groups is 2. The molecule has 1 N–H and O–H groups in total. The van der Waals surface area contributed by atoms with Gasteiger partial charge in [-0.15, -0.1) is 16.9 Å². The van der Waals surface area contributed by atoms with Gasteiger partial charge in [0, 0.05) is 17.7 Å². The monoisotopic (exact) mass is 365 g/mol. The number of aliphatic hydroxyl groups excluding tert-OH is 1. The van der Waals surface area contributed by atoms with Gasteiger partial charge < -0.3 is 15.0 Å². The molecule has 1 amide bonds. The number of rotatable bonds is 6. The molecule has 9 nitrogen and oxygen atoms in total. The smallest absolute Gasteiger partial charge is 0.543 e. The molecule has 0 aliphatic carbocycles. The number of hydrogen-bond acceptors (Lipinski definition) is 9. The van der Waals surface area contributed by atoms with E-state index in [1.54, 1.807) is 7.05 Å². The van der Waals surface area contributed by atoms with Crippen LogP contribution in [0.2, 0.25) is 0 Å². The number of carboxylic acids is 1. The van der Waals surface area contributed by atoms with Crippen molar-refractivity contribution >= 4 is 35.4 Å². The molecular weight excluding hydrogens is 353 g/mol. The number of thioether (sulfide) groups is 2. The molecule has 0 unspecified atom stereocenters. The maximum Gasteiger partial charge on any atom is 1.00 e. The van der Waals surface area contributed by atoms with Crippen LogP contribution in [0.3, 0.4) is 0 Å². The van der Waals surface area contributed by atoms with Gasteiger partial charge in [-0.1, -0.05) is 11.8 Å². The van der Waals surface area contributed by atoms with Crippen LogP contribution in [0.25, 0.3) is 0 Å². The van der Waals surface area contributed by atoms with Gasteiger partial charge in [0.25, 0.3) is 0 Å². The first-order valence-electron chi connectivity index (χ1n) is 6.44. The van der Waals surface area contributed by atoms with E-state index in [1.807, 2.05) is 0 Å². The van der Waals surface area contributed by atoms with Gasteiger partial charge in [0.05, 0.1) is 24.2 Å². The number of aryl methyl sites for hydroxylation is 1. The standard InChI is InChI=1S/C11H13N5O4S2.Na/c1-15-11(12-13-14-15)21-3-2-6-7(10(19)20)16-8(18)5(4-17)9(16)22-6;/h5,9,17H,2-4H2,1H3,(H,19,20);/q;+1/p-1/t5-,9+;/m0./s1. The largest absolute Gasteiger partial charge is 1.00 e. The van der Waals surface area contributed by atoms with Crippen molar-refractivity contribution in [1.82, 2.24) is 25.1 Å². The summed E-state index contributed by atoms with van der Waals surface area (Å²) in [4.78, 5) is 24.9. The number of tetrazole rings is 1. The van der Waals surface area contributed by atoms with E-state index in [9.17, 15) is 19.8 Å². The summed E-state index contributed by atoms with van der Waals surface area (Å²) < 4.78 is 1.53. The van der Waals surface area contributed by atoms with E-state index in [-0.39, 0.29) is 53.1 Å². The normalized spacial score (nSPS) is 22.7. The molecule has 3 rings (SSSR count). The fraction of sp³-hybridized carbons (Fsp3) is 0.545. The molecule has 23 heavy (non-hydrogen) atoms. The van der Waals surface area contributed by atoms with Gasteiger partial charge in [-0.2, -0.15) is 0 Å². The van der Waals surface area contributed by atoms with Gasteiger partial charge in [-0.3, -0.25) is 9.69 Å². The van der Waals surface area contributed by atoms with Crippen LogP contribution in [0.4, 0.5) is 0 Å². The number of aliphatic carboxylic acids is 1. The Labute approximate surface area is 162 Å². The molecular formula is C11H12N5NaO4S2. The summed E-state index contributed by atoms with van der Waals surface area (Å²) in [6.07, 6.45) is 0.462. The first-order chi connectivity index (χ1) is 10.5. The zero-order chi connectivity index (χ0) is 15.9. The molecule has 0 radical (unpaired) electrons. The van der Waals surface area contributed by atoms with Crippen LogP contribution in [0, 0.1) is 5.92 Å². The van der Waals surface area contributed by atoms with Gasteiger partial charge in [0.15, 0.2) is 0 Å². The van der Waals surface area contributed by atoms with Gasteiger partial charge in [-0.25, -0.2) is 4.68 Å². The maximum atomic E-state index is 11.8. The number of carbonyl (C=O) groups excluding carboxylic acids is 2. The number of aromatic nitrogens is 4. The summed E-state index contributed by atoms with van der Waals surface area (Å²) in [7, 11) is 1.72. The fourth-order valence-electron chi connectivity index (χ4n) is 2.37. The maximum absolute atomic E-state index is 11.8. The van der Waals surface area contributed by atoms with Crippen LogP contribution in [-0.4, -0.2) is 59.8 Å². The molecule has 0 bridgehead atoms. The predicted octanol–water partition coefficient (Wildman–Crippen LogP) is -4.82. The molecule has 12 heteroatoms. The summed E-state index contributed by atoms with van der Waals surface area (Å²) in [6, 6.07) is 0. The van der Waals surface area contributed by atoms with Gasteiger partial charge in [0.2, 0.25) is 11.1 Å². The SMILES string of the molecule is Cn1nnnc1SCCC1=C(C(=O)[O-])N2C(=O)[C@H](CO)[C@H]2S1.[Na+]. The van der Waals surface area contributed by atoms with Crippen molar-refractivity contribution in [1.29, 1.82) is 0 Å². The van der Waals surface area contributed by atoms with Crippen molar-refractivity contribution < 1.29 is 49.4 Å². The van der Waals surface area contributed by atoms with E-state index in [4.69, 9.17) is 0 Å². The molecule has 1 aromatic heterocycles. The van der Waals surface area contributed by atoms with Gasteiger partial charge in [0.1, 0.15) is 5.37 Å². The first-order valence-corrected chi connectivity index (χ1v) is 8.31. The van der Waals surface area contributed by atoms with E-state index in [2.05, 4.69) is 15.5 Å². The Morgan fingerprint density at radius 2 is 2.26 bits per heavy atom. The summed E-state index contributed by atoms with van der Waals surface area (Å²) in [6.45, 7) is -0.278. The minimum absolute atomic E-state index is 0. The van der Waals surface area contributed by atoms with Crippen LogP contribution in [0.15, 0.2) is 15.8 Å². The van der Waals surface area contributed by atoms with Crippen molar-refractivity contribution in [2.75, 3.05) is 12.4 Å². The number of allylic oxidation sites excluding steroid dienone is 1. The molecule has 3 heterocycles. The number of hydrogen-bond donors (Lipinski definition) is 1. The zero-order valence-electron chi connectivity index (χ0n) is 12.5. The molecule has 118 valence electrons. The van der Waals surface area contributed by atoms with Crippen LogP contribution < -0.4 is 34.7 Å². The average molecular weight is 365 g/mol. The average Bonchev–Trinajstić information content (AvgIpc) is 3.02. The number of nitrogens with zero attached hydrogens (tertiary/aromatic N) is 5. The van der Waals surface area contributed by atoms with Crippen LogP contribution >= 0.6 is 23.5 Å². The molecule has 0 aromatic carbocycles. The zero-order valence-corrected chi connectivity index (χ0v) is 16.1. The molecule has 2 atom stereocenters. The summed E-state index contributed by atoms with van der Waals surface area (Å²) in [5.41, 5.74) is -0.0682. The van der Waals surface area contributed by atoms with Crippen LogP contribution in [0.5, 0.6) is 0 Å². The molecule has 2 aliphatic heterocycles. The molecule has 1 fully saturated rings. The Balaban J connectivity index is 0.00000192. The third-order valence-electron chi connectivity index (χ3n) is 3.45. The Kier molecular flexibility index (Phi) is 6.14. The second kappa shape index (κ2) is 7.53. The third-order valence-corrected chi connectivity index (χ3v) is 5.93. The Morgan fingerprint density at radius 1 is 1.52 bits per heavy atom. The minimum atomic E-state index is -1.36. The number of β-lactam (4-membered cyclic amide) rings is 1. The van der Waals surface area contributed by atoms with E-state index in [0.717, 1.165) is 0 Å². The van der Waals surface area contributed by atoms with E-state index in [0.29, 0.717) is 22.2 Å². The second-order valence-corrected chi connectivity index (χ2v) is 7.02. The summed E-state index contributed by atoms with van der Waals surface area (Å²) >= 11 is 2.70. The summed E-state index contributed by atoms with van der Waals surface area (Å²) in [5, 5.41) is 31.8. The number of amides is 1. The minimum Gasteiger partial charge on any atom is -0.543 e. The Bertz CT molecular complexity index is 667. The van der Waals surface area contributed by atoms with Gasteiger partial charge >= 0.3 is 29.6 Å². The van der Waals surface area contributed by atoms with Crippen LogP contribution in [0.1, 0.15) is 6.42 Å². The van der Waals surface area contributed by atoms with Crippen molar-refractivity contribution in [3.63, 3.8) is 0 Å². The number of fused-ring (bicyclic) bond motifs is 1. The number of aliphatic hydroxyl groups is 1. The van der Waals surface area contributed by atoms with E-state index >= 15 is 0 Å². The second-order valence-electron chi connectivity index (χ2n) is 4.75. The first kappa shape index (κ1) is 18.7. The molecule has 0 saturated carbocycles. The van der Waals surface area contributed by atoms with Crippen molar-refractivity contribution in [2.24, 2.45) is 13.0 Å². The summed E-state index contributed by atoms with van der Waals surface area (Å²) in [5.74, 6) is -1.68. The molecule has 2 aliphatic rings. The van der Waals surface area contributed by atoms with Crippen molar-refractivity contribution in [3.05, 3.63) is 10.6 Å². The number of carboxylic acid groups (broad SMARTS) is 1. The van der Waals surface area contributed by atoms with E-state index in [1.165, 1.54) is 33.1 Å². The third kappa shape index (κ3) is 3.30. The van der Waals surface area contributed by atoms with Crippen LogP contribution in [-0.2, 0) is 16.6 Å². The molecule has 1 aromatic rings. The molecule has 1 saturated heterocycles. The topological polar surface area (TPSA) is 124 Å². The van der Waals surface area contributed by atoms with E-state index < -0.39 is 11.9 Å². The molecule has 0 spiro atoms.